The molecule has 8 nitrogen and oxygen atoms in total. The predicted molar refractivity (Wildman–Crippen MR) is 107 cm³/mol. The van der Waals surface area contributed by atoms with Crippen LogP contribution in [-0.2, 0) is 30.5 Å². The zero-order chi connectivity index (χ0) is 23.8. The summed E-state index contributed by atoms with van der Waals surface area (Å²) in [6, 6.07) is 13.7. The van der Waals surface area contributed by atoms with Gasteiger partial charge in [0.1, 0.15) is 6.54 Å². The number of para-hydroxylation sites is 1. The van der Waals surface area contributed by atoms with Gasteiger partial charge in [0.25, 0.3) is 5.91 Å². The normalized spacial score (nSPS) is 11.4. The quantitative estimate of drug-likeness (QED) is 0.446. The van der Waals surface area contributed by atoms with E-state index in [1.807, 2.05) is 10.8 Å². The molecular formula is C20H18F3N3O5S. The van der Waals surface area contributed by atoms with Crippen molar-refractivity contribution in [3.63, 3.8) is 0 Å². The summed E-state index contributed by atoms with van der Waals surface area (Å²) in [6.45, 7) is -1.51. The summed E-state index contributed by atoms with van der Waals surface area (Å²) >= 11 is 0. The van der Waals surface area contributed by atoms with E-state index in [1.54, 1.807) is 30.3 Å². The number of alkyl halides is 3. The topological polar surface area (TPSA) is 117 Å². The van der Waals surface area contributed by atoms with Crippen molar-refractivity contribution >= 4 is 27.6 Å². The molecule has 0 saturated heterocycles. The molecule has 0 aromatic heterocycles. The van der Waals surface area contributed by atoms with Gasteiger partial charge in [0.2, 0.25) is 10.0 Å². The molecule has 0 saturated carbocycles. The third kappa shape index (κ3) is 6.79. The lowest BCUT2D eigenvalue weighted by Crippen LogP contribution is -2.35. The smallest absolute Gasteiger partial charge is 0.417 e. The van der Waals surface area contributed by atoms with Crippen LogP contribution >= 0.6 is 0 Å². The first-order chi connectivity index (χ1) is 15.1. The molecule has 0 spiro atoms. The first kappa shape index (κ1) is 24.8. The lowest BCUT2D eigenvalue weighted by molar-refractivity contribution is -0.147. The molecular weight excluding hydrogens is 451 g/mol. The second-order valence-corrected chi connectivity index (χ2v) is 8.01. The molecule has 0 heterocycles. The van der Waals surface area contributed by atoms with Crippen LogP contribution in [0.2, 0.25) is 0 Å². The van der Waals surface area contributed by atoms with Crippen LogP contribution in [-0.4, -0.2) is 40.0 Å². The van der Waals surface area contributed by atoms with Gasteiger partial charge in [-0.2, -0.15) is 18.4 Å². The van der Waals surface area contributed by atoms with Crippen LogP contribution in [0.4, 0.5) is 18.9 Å². The molecule has 0 fully saturated rings. The number of carbonyl (C=O) groups excluding carboxylic acids is 2. The lowest BCUT2D eigenvalue weighted by Gasteiger charge is -2.19. The number of nitriles is 1. The molecule has 1 amide bonds. The Morgan fingerprint density at radius 1 is 1.06 bits per heavy atom. The van der Waals surface area contributed by atoms with Gasteiger partial charge in [-0.25, -0.2) is 13.1 Å². The monoisotopic (exact) mass is 469 g/mol. The third-order valence-corrected chi connectivity index (χ3v) is 5.58. The summed E-state index contributed by atoms with van der Waals surface area (Å²) in [5, 5.41) is 8.89. The fourth-order valence-electron chi connectivity index (χ4n) is 2.59. The van der Waals surface area contributed by atoms with E-state index in [-0.39, 0.29) is 6.54 Å². The maximum Gasteiger partial charge on any atom is 0.417 e. The van der Waals surface area contributed by atoms with E-state index in [4.69, 9.17) is 10.00 Å². The molecule has 0 aliphatic rings. The van der Waals surface area contributed by atoms with Crippen molar-refractivity contribution in [2.75, 3.05) is 24.6 Å². The molecule has 0 atom stereocenters. The molecule has 0 aliphatic carbocycles. The highest BCUT2D eigenvalue weighted by Gasteiger charge is 2.36. The van der Waals surface area contributed by atoms with E-state index in [1.165, 1.54) is 0 Å². The lowest BCUT2D eigenvalue weighted by atomic mass is 10.2. The van der Waals surface area contributed by atoms with Crippen molar-refractivity contribution < 1.29 is 35.9 Å². The van der Waals surface area contributed by atoms with Gasteiger partial charge in [0.05, 0.1) is 22.9 Å². The van der Waals surface area contributed by atoms with E-state index in [0.29, 0.717) is 11.8 Å². The number of benzene rings is 2. The average molecular weight is 469 g/mol. The van der Waals surface area contributed by atoms with E-state index in [0.717, 1.165) is 23.1 Å². The number of anilines is 1. The second kappa shape index (κ2) is 10.7. The van der Waals surface area contributed by atoms with Crippen molar-refractivity contribution in [2.45, 2.75) is 17.5 Å². The first-order valence-electron chi connectivity index (χ1n) is 9.10. The zero-order valence-corrected chi connectivity index (χ0v) is 17.3. The summed E-state index contributed by atoms with van der Waals surface area (Å²) in [4.78, 5) is 24.2. The Morgan fingerprint density at radius 2 is 1.69 bits per heavy atom. The molecule has 170 valence electrons. The fraction of sp³-hybridized carbons (Fsp3) is 0.250. The van der Waals surface area contributed by atoms with Crippen molar-refractivity contribution in [3.05, 3.63) is 60.2 Å². The minimum absolute atomic E-state index is 0.279. The average Bonchev–Trinajstić information content (AvgIpc) is 2.75. The van der Waals surface area contributed by atoms with Crippen LogP contribution in [0.1, 0.15) is 12.0 Å². The highest BCUT2D eigenvalue weighted by molar-refractivity contribution is 7.89. The Bertz CT molecular complexity index is 1100. The molecule has 1 N–H and O–H groups in total. The molecule has 0 bridgehead atoms. The summed E-state index contributed by atoms with van der Waals surface area (Å²) < 4.78 is 70.2. The SMILES string of the molecule is N#CCN(C(=O)COC(=O)CCNS(=O)(=O)c1ccccc1C(F)(F)F)c1ccccc1. The second-order valence-electron chi connectivity index (χ2n) is 6.28. The number of halogens is 3. The standard InChI is InChI=1S/C20H18F3N3O5S/c21-20(22,23)16-8-4-5-9-17(16)32(29,30)25-12-10-19(28)31-14-18(27)26(13-11-24)15-6-2-1-3-7-15/h1-9,25H,10,12-14H2. The summed E-state index contributed by atoms with van der Waals surface area (Å²) in [5.41, 5.74) is -0.912. The maximum atomic E-state index is 13.0. The van der Waals surface area contributed by atoms with Gasteiger partial charge in [-0.15, -0.1) is 0 Å². The number of nitrogens with zero attached hydrogens (tertiary/aromatic N) is 2. The molecule has 2 rings (SSSR count). The van der Waals surface area contributed by atoms with Crippen LogP contribution in [0.25, 0.3) is 0 Å². The van der Waals surface area contributed by atoms with Crippen molar-refractivity contribution in [1.82, 2.24) is 4.72 Å². The number of hydrogen-bond acceptors (Lipinski definition) is 6. The number of esters is 1. The highest BCUT2D eigenvalue weighted by Crippen LogP contribution is 2.33. The van der Waals surface area contributed by atoms with E-state index in [9.17, 15) is 31.2 Å². The minimum atomic E-state index is -4.88. The molecule has 0 unspecified atom stereocenters. The van der Waals surface area contributed by atoms with Crippen LogP contribution in [0, 0.1) is 11.3 Å². The summed E-state index contributed by atoms with van der Waals surface area (Å²) in [6.07, 6.45) is -5.40. The number of rotatable bonds is 9. The van der Waals surface area contributed by atoms with Gasteiger partial charge in [-0.1, -0.05) is 30.3 Å². The minimum Gasteiger partial charge on any atom is -0.456 e. The van der Waals surface area contributed by atoms with Crippen molar-refractivity contribution in [1.29, 1.82) is 5.26 Å². The largest absolute Gasteiger partial charge is 0.456 e. The Hall–Kier alpha value is -3.43. The molecule has 2 aromatic carbocycles. The number of ether oxygens (including phenoxy) is 1. The first-order valence-corrected chi connectivity index (χ1v) is 10.6. The van der Waals surface area contributed by atoms with Gasteiger partial charge in [-0.05, 0) is 24.3 Å². The molecule has 32 heavy (non-hydrogen) atoms. The zero-order valence-electron chi connectivity index (χ0n) is 16.5. The maximum absolute atomic E-state index is 13.0. The molecule has 0 aliphatic heterocycles. The van der Waals surface area contributed by atoms with Gasteiger partial charge >= 0.3 is 12.1 Å². The number of amides is 1. The Kier molecular flexibility index (Phi) is 8.34. The predicted octanol–water partition coefficient (Wildman–Crippen LogP) is 2.47. The van der Waals surface area contributed by atoms with Crippen LogP contribution in [0.15, 0.2) is 59.5 Å². The van der Waals surface area contributed by atoms with Crippen LogP contribution in [0.5, 0.6) is 0 Å². The van der Waals surface area contributed by atoms with Gasteiger partial charge in [-0.3, -0.25) is 14.5 Å². The molecule has 12 heteroatoms. The Morgan fingerprint density at radius 3 is 2.31 bits per heavy atom. The molecule has 0 radical (unpaired) electrons. The van der Waals surface area contributed by atoms with Gasteiger partial charge in [0, 0.05) is 12.2 Å². The van der Waals surface area contributed by atoms with Crippen molar-refractivity contribution in [2.24, 2.45) is 0 Å². The van der Waals surface area contributed by atoms with Gasteiger partial charge < -0.3 is 4.74 Å². The van der Waals surface area contributed by atoms with E-state index in [2.05, 4.69) is 0 Å². The number of carbonyl (C=O) groups is 2. The van der Waals surface area contributed by atoms with Gasteiger partial charge in [0.15, 0.2) is 6.61 Å². The van der Waals surface area contributed by atoms with E-state index >= 15 is 0 Å². The summed E-state index contributed by atoms with van der Waals surface area (Å²) in [5.74, 6) is -1.62. The number of hydrogen-bond donors (Lipinski definition) is 1. The Labute approximate surface area is 182 Å². The molecule has 2 aromatic rings. The van der Waals surface area contributed by atoms with Crippen LogP contribution in [0.3, 0.4) is 0 Å². The number of nitrogens with one attached hydrogen (secondary N) is 1. The number of sulfonamides is 1. The van der Waals surface area contributed by atoms with E-state index < -0.39 is 58.1 Å². The highest BCUT2D eigenvalue weighted by atomic mass is 32.2. The third-order valence-electron chi connectivity index (χ3n) is 4.06. The summed E-state index contributed by atoms with van der Waals surface area (Å²) in [7, 11) is -4.55. The Balaban J connectivity index is 1.91. The fourth-order valence-corrected chi connectivity index (χ4v) is 3.85. The van der Waals surface area contributed by atoms with Crippen molar-refractivity contribution in [3.8, 4) is 6.07 Å². The van der Waals surface area contributed by atoms with Crippen LogP contribution < -0.4 is 9.62 Å².